The van der Waals surface area contributed by atoms with Gasteiger partial charge in [0.05, 0.1) is 13.2 Å². The molecule has 0 N–H and O–H groups in total. The molecule has 0 amide bonds. The Hall–Kier alpha value is -3.12. The lowest BCUT2D eigenvalue weighted by atomic mass is 10.1. The summed E-state index contributed by atoms with van der Waals surface area (Å²) in [7, 11) is 0. The molecule has 1 aromatic carbocycles. The summed E-state index contributed by atoms with van der Waals surface area (Å²) in [6.07, 6.45) is 3.50. The van der Waals surface area contributed by atoms with Crippen molar-refractivity contribution < 1.29 is 19.0 Å². The number of rotatable bonds is 11. The first kappa shape index (κ1) is 22.6. The molecule has 1 unspecified atom stereocenters. The number of hydrogen-bond acceptors (Lipinski definition) is 5. The van der Waals surface area contributed by atoms with Crippen molar-refractivity contribution in [2.24, 2.45) is 0 Å². The molecule has 31 heavy (non-hydrogen) atoms. The molecule has 0 fully saturated rings. The highest BCUT2D eigenvalue weighted by Gasteiger charge is 2.20. The molecule has 1 atom stereocenters. The molecule has 0 aliphatic heterocycles. The molecule has 2 heterocycles. The van der Waals surface area contributed by atoms with Crippen molar-refractivity contribution in [3.8, 4) is 17.0 Å². The first-order valence-corrected chi connectivity index (χ1v) is 10.7. The van der Waals surface area contributed by atoms with E-state index in [2.05, 4.69) is 28.6 Å². The van der Waals surface area contributed by atoms with E-state index < -0.39 is 6.10 Å². The van der Waals surface area contributed by atoms with Gasteiger partial charge in [-0.3, -0.25) is 4.98 Å². The summed E-state index contributed by atoms with van der Waals surface area (Å²) in [5.41, 5.74) is 4.48. The monoisotopic (exact) mass is 422 g/mol. The maximum absolute atomic E-state index is 12.0. The van der Waals surface area contributed by atoms with Crippen LogP contribution in [0.4, 0.5) is 0 Å². The molecule has 0 aliphatic rings. The van der Waals surface area contributed by atoms with Crippen LogP contribution in [0.1, 0.15) is 25.1 Å². The SMILES string of the molecule is CCOC(=O)C(Cc1ccc(OCCn2c(C)ccc2-c2ccncc2)cc1)OCC. The lowest BCUT2D eigenvalue weighted by molar-refractivity contribution is -0.156. The molecule has 0 spiro atoms. The van der Waals surface area contributed by atoms with E-state index in [-0.39, 0.29) is 5.97 Å². The maximum atomic E-state index is 12.0. The van der Waals surface area contributed by atoms with Crippen molar-refractivity contribution in [1.29, 1.82) is 0 Å². The minimum Gasteiger partial charge on any atom is -0.492 e. The summed E-state index contributed by atoms with van der Waals surface area (Å²) in [5.74, 6) is 0.472. The quantitative estimate of drug-likeness (QED) is 0.427. The van der Waals surface area contributed by atoms with Gasteiger partial charge in [0, 0.05) is 42.4 Å². The van der Waals surface area contributed by atoms with Gasteiger partial charge in [0.1, 0.15) is 12.4 Å². The number of benzene rings is 1. The standard InChI is InChI=1S/C25H30N2O4/c1-4-29-24(25(28)30-5-2)18-20-7-9-22(10-8-20)31-17-16-27-19(3)6-11-23(27)21-12-14-26-15-13-21/h6-15,24H,4-5,16-18H2,1-3H3. The van der Waals surface area contributed by atoms with Crippen LogP contribution >= 0.6 is 0 Å². The van der Waals surface area contributed by atoms with Crippen molar-refractivity contribution in [2.45, 2.75) is 39.8 Å². The van der Waals surface area contributed by atoms with Crippen LogP contribution in [-0.4, -0.2) is 41.4 Å². The van der Waals surface area contributed by atoms with Gasteiger partial charge in [-0.15, -0.1) is 0 Å². The number of nitrogens with zero attached hydrogens (tertiary/aromatic N) is 2. The topological polar surface area (TPSA) is 62.6 Å². The van der Waals surface area contributed by atoms with Gasteiger partial charge in [-0.1, -0.05) is 12.1 Å². The van der Waals surface area contributed by atoms with Gasteiger partial charge >= 0.3 is 5.97 Å². The lowest BCUT2D eigenvalue weighted by Crippen LogP contribution is -2.28. The van der Waals surface area contributed by atoms with Gasteiger partial charge in [-0.2, -0.15) is 0 Å². The van der Waals surface area contributed by atoms with Crippen LogP contribution in [0.25, 0.3) is 11.3 Å². The first-order chi connectivity index (χ1) is 15.1. The number of carbonyl (C=O) groups is 1. The highest BCUT2D eigenvalue weighted by Crippen LogP contribution is 2.22. The van der Waals surface area contributed by atoms with E-state index in [1.165, 1.54) is 5.69 Å². The Kier molecular flexibility index (Phi) is 8.24. The highest BCUT2D eigenvalue weighted by atomic mass is 16.6. The molecule has 0 aliphatic carbocycles. The number of ether oxygens (including phenoxy) is 3. The third-order valence-corrected chi connectivity index (χ3v) is 5.02. The first-order valence-electron chi connectivity index (χ1n) is 10.7. The zero-order valence-corrected chi connectivity index (χ0v) is 18.4. The summed E-state index contributed by atoms with van der Waals surface area (Å²) < 4.78 is 18.8. The van der Waals surface area contributed by atoms with Crippen molar-refractivity contribution in [1.82, 2.24) is 9.55 Å². The van der Waals surface area contributed by atoms with E-state index in [0.29, 0.717) is 26.2 Å². The van der Waals surface area contributed by atoms with Crippen molar-refractivity contribution in [3.05, 3.63) is 72.2 Å². The number of carbonyl (C=O) groups excluding carboxylic acids is 1. The predicted octanol–water partition coefficient (Wildman–Crippen LogP) is 4.45. The van der Waals surface area contributed by atoms with Crippen LogP contribution in [0.2, 0.25) is 0 Å². The lowest BCUT2D eigenvalue weighted by Gasteiger charge is -2.16. The second-order valence-corrected chi connectivity index (χ2v) is 7.14. The average Bonchev–Trinajstić information content (AvgIpc) is 3.16. The van der Waals surface area contributed by atoms with Crippen LogP contribution in [0.15, 0.2) is 60.9 Å². The number of aromatic nitrogens is 2. The predicted molar refractivity (Wildman–Crippen MR) is 120 cm³/mol. The smallest absolute Gasteiger partial charge is 0.335 e. The van der Waals surface area contributed by atoms with Crippen molar-refractivity contribution in [2.75, 3.05) is 19.8 Å². The van der Waals surface area contributed by atoms with Crippen LogP contribution in [0, 0.1) is 6.92 Å². The molecule has 0 bridgehead atoms. The third kappa shape index (κ3) is 6.18. The Bertz CT molecular complexity index is 951. The van der Waals surface area contributed by atoms with E-state index in [4.69, 9.17) is 14.2 Å². The molecular weight excluding hydrogens is 392 g/mol. The zero-order chi connectivity index (χ0) is 22.1. The molecule has 6 heteroatoms. The van der Waals surface area contributed by atoms with Crippen LogP contribution in [0.5, 0.6) is 5.75 Å². The van der Waals surface area contributed by atoms with Gasteiger partial charge in [0.15, 0.2) is 6.10 Å². The van der Waals surface area contributed by atoms with E-state index in [1.54, 1.807) is 19.3 Å². The second-order valence-electron chi connectivity index (χ2n) is 7.14. The number of pyridine rings is 1. The highest BCUT2D eigenvalue weighted by molar-refractivity contribution is 5.75. The molecule has 2 aromatic heterocycles. The summed E-state index contributed by atoms with van der Waals surface area (Å²) in [6.45, 7) is 7.87. The minimum atomic E-state index is -0.583. The second kappa shape index (κ2) is 11.3. The molecule has 3 aromatic rings. The van der Waals surface area contributed by atoms with Gasteiger partial charge in [0.2, 0.25) is 0 Å². The number of aryl methyl sites for hydroxylation is 1. The van der Waals surface area contributed by atoms with E-state index in [0.717, 1.165) is 29.1 Å². The average molecular weight is 423 g/mol. The largest absolute Gasteiger partial charge is 0.492 e. The third-order valence-electron chi connectivity index (χ3n) is 5.02. The van der Waals surface area contributed by atoms with E-state index in [1.807, 2.05) is 43.3 Å². The van der Waals surface area contributed by atoms with Crippen molar-refractivity contribution >= 4 is 5.97 Å². The van der Waals surface area contributed by atoms with Crippen LogP contribution in [-0.2, 0) is 27.2 Å². The summed E-state index contributed by atoms with van der Waals surface area (Å²) >= 11 is 0. The Balaban J connectivity index is 1.57. The molecular formula is C25H30N2O4. The fourth-order valence-corrected chi connectivity index (χ4v) is 3.48. The number of hydrogen-bond donors (Lipinski definition) is 0. The van der Waals surface area contributed by atoms with Gasteiger partial charge < -0.3 is 18.8 Å². The van der Waals surface area contributed by atoms with Gasteiger partial charge in [-0.05, 0) is 62.7 Å². The summed E-state index contributed by atoms with van der Waals surface area (Å²) in [4.78, 5) is 16.1. The van der Waals surface area contributed by atoms with Crippen LogP contribution in [0.3, 0.4) is 0 Å². The Labute approximate surface area is 183 Å². The normalized spacial score (nSPS) is 11.8. The molecule has 6 nitrogen and oxygen atoms in total. The minimum absolute atomic E-state index is 0.322. The fraction of sp³-hybridized carbons (Fsp3) is 0.360. The van der Waals surface area contributed by atoms with Gasteiger partial charge in [0.25, 0.3) is 0 Å². The molecule has 3 rings (SSSR count). The van der Waals surface area contributed by atoms with Crippen molar-refractivity contribution in [3.63, 3.8) is 0 Å². The van der Waals surface area contributed by atoms with E-state index >= 15 is 0 Å². The molecule has 0 saturated heterocycles. The Morgan fingerprint density at radius 2 is 1.74 bits per heavy atom. The van der Waals surface area contributed by atoms with Gasteiger partial charge in [-0.25, -0.2) is 4.79 Å². The molecule has 164 valence electrons. The molecule has 0 radical (unpaired) electrons. The molecule has 0 saturated carbocycles. The number of esters is 1. The fourth-order valence-electron chi connectivity index (χ4n) is 3.48. The van der Waals surface area contributed by atoms with Crippen LogP contribution < -0.4 is 4.74 Å². The zero-order valence-electron chi connectivity index (χ0n) is 18.4. The van der Waals surface area contributed by atoms with E-state index in [9.17, 15) is 4.79 Å². The Morgan fingerprint density at radius 1 is 1.00 bits per heavy atom. The Morgan fingerprint density at radius 3 is 2.42 bits per heavy atom. The maximum Gasteiger partial charge on any atom is 0.335 e. The summed E-state index contributed by atoms with van der Waals surface area (Å²) in [6, 6.07) is 16.0. The summed E-state index contributed by atoms with van der Waals surface area (Å²) in [5, 5.41) is 0.